The second kappa shape index (κ2) is 9.58. The highest BCUT2D eigenvalue weighted by Crippen LogP contribution is 2.33. The molecule has 0 aliphatic rings. The number of nitrogens with two attached hydrogens (primary N) is 1. The van der Waals surface area contributed by atoms with Crippen molar-refractivity contribution < 1.29 is 27.0 Å². The number of aliphatic hydroxyl groups excluding tert-OH is 1. The largest absolute Gasteiger partial charge is 0.495 e. The van der Waals surface area contributed by atoms with E-state index in [-0.39, 0.29) is 27.8 Å². The number of hydrogen-bond donors (Lipinski definition) is 3. The number of rotatable bonds is 5. The third-order valence-electron chi connectivity index (χ3n) is 4.40. The molecule has 3 aromatic rings. The first-order valence-corrected chi connectivity index (χ1v) is 11.0. The van der Waals surface area contributed by atoms with Crippen LogP contribution < -0.4 is 15.2 Å². The number of nitrogen functional groups attached to an aromatic ring is 1. The van der Waals surface area contributed by atoms with Crippen molar-refractivity contribution in [1.82, 2.24) is 9.97 Å². The van der Waals surface area contributed by atoms with E-state index in [0.29, 0.717) is 5.69 Å². The van der Waals surface area contributed by atoms with Crippen LogP contribution in [0.25, 0.3) is 0 Å². The molecular formula is C21H17ClF2N4O4S. The molecule has 1 heterocycles. The van der Waals surface area contributed by atoms with E-state index in [1.165, 1.54) is 19.4 Å². The monoisotopic (exact) mass is 494 g/mol. The first-order chi connectivity index (χ1) is 15.6. The lowest BCUT2D eigenvalue weighted by Gasteiger charge is -2.15. The third kappa shape index (κ3) is 5.14. The van der Waals surface area contributed by atoms with E-state index in [9.17, 15) is 17.9 Å². The van der Waals surface area contributed by atoms with Gasteiger partial charge < -0.3 is 15.6 Å². The summed E-state index contributed by atoms with van der Waals surface area (Å²) in [6.45, 7) is 1.04. The first kappa shape index (κ1) is 24.2. The Bertz CT molecular complexity index is 1410. The van der Waals surface area contributed by atoms with E-state index in [1.807, 2.05) is 4.72 Å². The van der Waals surface area contributed by atoms with Crippen molar-refractivity contribution in [1.29, 1.82) is 0 Å². The molecule has 172 valence electrons. The van der Waals surface area contributed by atoms with Crippen molar-refractivity contribution in [3.05, 3.63) is 69.6 Å². The number of sulfonamides is 1. The second-order valence-corrected chi connectivity index (χ2v) is 8.71. The SMILES string of the molecule is COc1c(CO)cc(Cl)cc1S(=O)(=O)Nc1ccc(F)c(C#Cc2cnc(N)c(C)n2)c1F. The Labute approximate surface area is 193 Å². The molecular weight excluding hydrogens is 478 g/mol. The zero-order valence-corrected chi connectivity index (χ0v) is 18.9. The van der Waals surface area contributed by atoms with Gasteiger partial charge in [0.25, 0.3) is 10.0 Å². The molecule has 0 saturated heterocycles. The molecule has 1 aromatic heterocycles. The molecule has 0 atom stereocenters. The molecule has 0 spiro atoms. The maximum Gasteiger partial charge on any atom is 0.265 e. The Morgan fingerprint density at radius 2 is 2.00 bits per heavy atom. The van der Waals surface area contributed by atoms with E-state index >= 15 is 4.39 Å². The smallest absolute Gasteiger partial charge is 0.265 e. The minimum absolute atomic E-state index is 0.00580. The van der Waals surface area contributed by atoms with Crippen LogP contribution in [0.4, 0.5) is 20.3 Å². The molecule has 33 heavy (non-hydrogen) atoms. The standard InChI is InChI=1S/C21H17ClF2N4O4S/c1-11-21(25)26-9-14(27-11)3-4-15-16(23)5-6-17(19(15)24)28-33(30,31)18-8-13(22)7-12(10-29)20(18)32-2/h5-9,28-29H,10H2,1-2H3,(H2,25,26). The lowest BCUT2D eigenvalue weighted by Crippen LogP contribution is -2.16. The number of methoxy groups -OCH3 is 1. The fraction of sp³-hybridized carbons (Fsp3) is 0.143. The van der Waals surface area contributed by atoms with Gasteiger partial charge in [-0.3, -0.25) is 4.72 Å². The van der Waals surface area contributed by atoms with Gasteiger partial charge in [-0.1, -0.05) is 17.5 Å². The summed E-state index contributed by atoms with van der Waals surface area (Å²) in [7, 11) is -3.25. The summed E-state index contributed by atoms with van der Waals surface area (Å²) in [5, 5.41) is 9.47. The minimum Gasteiger partial charge on any atom is -0.495 e. The number of anilines is 2. The van der Waals surface area contributed by atoms with E-state index < -0.39 is 44.4 Å². The predicted molar refractivity (Wildman–Crippen MR) is 118 cm³/mol. The Morgan fingerprint density at radius 3 is 2.64 bits per heavy atom. The van der Waals surface area contributed by atoms with Gasteiger partial charge in [0, 0.05) is 10.6 Å². The van der Waals surface area contributed by atoms with Crippen LogP contribution in [0, 0.1) is 30.4 Å². The molecule has 0 bridgehead atoms. The number of nitrogens with one attached hydrogen (secondary N) is 1. The van der Waals surface area contributed by atoms with Crippen LogP contribution in [-0.2, 0) is 16.6 Å². The number of halogens is 3. The van der Waals surface area contributed by atoms with Gasteiger partial charge in [0.15, 0.2) is 5.82 Å². The van der Waals surface area contributed by atoms with Crippen LogP contribution in [-0.4, -0.2) is 30.6 Å². The quantitative estimate of drug-likeness (QED) is 0.465. The van der Waals surface area contributed by atoms with Gasteiger partial charge in [0.2, 0.25) is 0 Å². The molecule has 0 saturated carbocycles. The summed E-state index contributed by atoms with van der Waals surface area (Å²) in [6.07, 6.45) is 1.24. The molecule has 3 rings (SSSR count). The maximum atomic E-state index is 15.0. The fourth-order valence-electron chi connectivity index (χ4n) is 2.79. The summed E-state index contributed by atoms with van der Waals surface area (Å²) in [4.78, 5) is 7.47. The lowest BCUT2D eigenvalue weighted by atomic mass is 10.1. The average molecular weight is 495 g/mol. The number of nitrogens with zero attached hydrogens (tertiary/aromatic N) is 2. The van der Waals surface area contributed by atoms with Crippen LogP contribution in [0.1, 0.15) is 22.5 Å². The van der Waals surface area contributed by atoms with Crippen molar-refractivity contribution >= 4 is 33.1 Å². The Balaban J connectivity index is 2.04. The fourth-order valence-corrected chi connectivity index (χ4v) is 4.40. The molecule has 4 N–H and O–H groups in total. The van der Waals surface area contributed by atoms with Crippen molar-refractivity contribution in [2.24, 2.45) is 0 Å². The second-order valence-electron chi connectivity index (χ2n) is 6.62. The van der Waals surface area contributed by atoms with Gasteiger partial charge in [-0.05, 0) is 37.1 Å². The molecule has 0 radical (unpaired) electrons. The minimum atomic E-state index is -4.46. The number of aromatic nitrogens is 2. The molecule has 12 heteroatoms. The predicted octanol–water partition coefficient (Wildman–Crippen LogP) is 3.00. The van der Waals surface area contributed by atoms with E-state index in [0.717, 1.165) is 18.2 Å². The Morgan fingerprint density at radius 1 is 1.27 bits per heavy atom. The van der Waals surface area contributed by atoms with Crippen LogP contribution in [0.2, 0.25) is 5.02 Å². The van der Waals surface area contributed by atoms with Crippen molar-refractivity contribution in [2.45, 2.75) is 18.4 Å². The van der Waals surface area contributed by atoms with E-state index in [2.05, 4.69) is 21.8 Å². The summed E-state index contributed by atoms with van der Waals surface area (Å²) < 4.78 is 62.3. The Kier molecular flexibility index (Phi) is 7.02. The van der Waals surface area contributed by atoms with Crippen LogP contribution in [0.3, 0.4) is 0 Å². The highest BCUT2D eigenvalue weighted by molar-refractivity contribution is 7.92. The third-order valence-corrected chi connectivity index (χ3v) is 5.99. The van der Waals surface area contributed by atoms with Crippen molar-refractivity contribution in [3.8, 4) is 17.6 Å². The van der Waals surface area contributed by atoms with Crippen molar-refractivity contribution in [2.75, 3.05) is 17.6 Å². The summed E-state index contributed by atoms with van der Waals surface area (Å²) >= 11 is 5.94. The van der Waals surface area contributed by atoms with E-state index in [4.69, 9.17) is 22.1 Å². The van der Waals surface area contributed by atoms with Gasteiger partial charge in [-0.15, -0.1) is 0 Å². The topological polar surface area (TPSA) is 127 Å². The molecule has 0 aliphatic heterocycles. The highest BCUT2D eigenvalue weighted by atomic mass is 35.5. The highest BCUT2D eigenvalue weighted by Gasteiger charge is 2.25. The molecule has 0 fully saturated rings. The summed E-state index contributed by atoms with van der Waals surface area (Å²) in [5.74, 6) is 2.54. The molecule has 2 aromatic carbocycles. The molecule has 0 unspecified atom stereocenters. The van der Waals surface area contributed by atoms with E-state index in [1.54, 1.807) is 6.92 Å². The van der Waals surface area contributed by atoms with Crippen LogP contribution >= 0.6 is 11.6 Å². The zero-order valence-electron chi connectivity index (χ0n) is 17.3. The molecule has 0 amide bonds. The number of aryl methyl sites for hydroxylation is 1. The van der Waals surface area contributed by atoms with Crippen molar-refractivity contribution in [3.63, 3.8) is 0 Å². The zero-order chi connectivity index (χ0) is 24.3. The molecule has 8 nitrogen and oxygen atoms in total. The normalized spacial score (nSPS) is 11.0. The number of benzene rings is 2. The maximum absolute atomic E-state index is 15.0. The van der Waals surface area contributed by atoms with Crippen LogP contribution in [0.5, 0.6) is 5.75 Å². The van der Waals surface area contributed by atoms with Gasteiger partial charge in [-0.2, -0.15) is 0 Å². The average Bonchev–Trinajstić information content (AvgIpc) is 2.77. The van der Waals surface area contributed by atoms with Gasteiger partial charge >= 0.3 is 0 Å². The van der Waals surface area contributed by atoms with Gasteiger partial charge in [0.1, 0.15) is 28.0 Å². The Hall–Kier alpha value is -3.46. The molecule has 0 aliphatic carbocycles. The number of hydrogen-bond acceptors (Lipinski definition) is 7. The lowest BCUT2D eigenvalue weighted by molar-refractivity contribution is 0.272. The summed E-state index contributed by atoms with van der Waals surface area (Å²) in [5.41, 5.74) is 4.95. The van der Waals surface area contributed by atoms with Gasteiger partial charge in [-0.25, -0.2) is 27.2 Å². The van der Waals surface area contributed by atoms with Crippen LogP contribution in [0.15, 0.2) is 35.4 Å². The summed E-state index contributed by atoms with van der Waals surface area (Å²) in [6, 6.07) is 4.17. The van der Waals surface area contributed by atoms with Gasteiger partial charge in [0.05, 0.1) is 36.9 Å². The first-order valence-electron chi connectivity index (χ1n) is 9.16. The number of aliphatic hydroxyl groups is 1. The number of ether oxygens (including phenoxy) is 1.